The summed E-state index contributed by atoms with van der Waals surface area (Å²) < 4.78 is 38.8. The number of ketones is 1. The molecule has 2 aromatic rings. The van der Waals surface area contributed by atoms with Crippen LogP contribution in [0.4, 0.5) is 13.2 Å². The van der Waals surface area contributed by atoms with Gasteiger partial charge in [0.05, 0.1) is 15.4 Å². The molecule has 0 spiro atoms. The Morgan fingerprint density at radius 2 is 2.05 bits per heavy atom. The first-order valence-corrected chi connectivity index (χ1v) is 7.35. The van der Waals surface area contributed by atoms with E-state index in [0.29, 0.717) is 9.35 Å². The minimum atomic E-state index is -4.51. The van der Waals surface area contributed by atoms with E-state index in [1.807, 2.05) is 0 Å². The summed E-state index contributed by atoms with van der Waals surface area (Å²) in [6, 6.07) is 7.61. The largest absolute Gasteiger partial charge is 0.416 e. The molecule has 0 aliphatic carbocycles. The highest BCUT2D eigenvalue weighted by atomic mass is 79.9. The zero-order chi connectivity index (χ0) is 15.6. The Balaban J connectivity index is 2.39. The van der Waals surface area contributed by atoms with Gasteiger partial charge in [0.1, 0.15) is 5.92 Å². The lowest BCUT2D eigenvalue weighted by molar-refractivity contribution is -0.137. The van der Waals surface area contributed by atoms with E-state index in [4.69, 9.17) is 5.26 Å². The zero-order valence-electron chi connectivity index (χ0n) is 10.3. The summed E-state index contributed by atoms with van der Waals surface area (Å²) in [7, 11) is 0. The van der Waals surface area contributed by atoms with Crippen molar-refractivity contribution in [2.45, 2.75) is 12.1 Å². The van der Waals surface area contributed by atoms with E-state index in [-0.39, 0.29) is 5.56 Å². The second kappa shape index (κ2) is 6.00. The molecule has 2 nitrogen and oxygen atoms in total. The molecule has 0 fully saturated rings. The molecule has 1 aromatic heterocycles. The van der Waals surface area contributed by atoms with Crippen molar-refractivity contribution in [2.24, 2.45) is 0 Å². The molecule has 0 saturated carbocycles. The summed E-state index contributed by atoms with van der Waals surface area (Å²) in [4.78, 5) is 12.2. The van der Waals surface area contributed by atoms with Gasteiger partial charge in [0.25, 0.3) is 0 Å². The first kappa shape index (κ1) is 15.7. The maximum Gasteiger partial charge on any atom is 0.416 e. The molecule has 1 aromatic carbocycles. The lowest BCUT2D eigenvalue weighted by atomic mass is 9.92. The number of Topliss-reactive ketones (excluding diaryl/α,β-unsaturated/α-hetero) is 1. The van der Waals surface area contributed by atoms with Gasteiger partial charge in [0, 0.05) is 10.9 Å². The van der Waals surface area contributed by atoms with Crippen molar-refractivity contribution in [3.8, 4) is 6.07 Å². The van der Waals surface area contributed by atoms with Crippen molar-refractivity contribution < 1.29 is 18.0 Å². The molecule has 0 amide bonds. The van der Waals surface area contributed by atoms with Crippen molar-refractivity contribution in [2.75, 3.05) is 0 Å². The van der Waals surface area contributed by atoms with Crippen LogP contribution in [-0.2, 0) is 6.18 Å². The number of hydrogen-bond acceptors (Lipinski definition) is 3. The maximum atomic E-state index is 12.7. The Labute approximate surface area is 131 Å². The molecular formula is C14H7BrF3NOS. The Morgan fingerprint density at radius 1 is 1.33 bits per heavy atom. The summed E-state index contributed by atoms with van der Waals surface area (Å²) in [5.41, 5.74) is -0.532. The number of carbonyl (C=O) groups is 1. The minimum absolute atomic E-state index is 0.0413. The van der Waals surface area contributed by atoms with Gasteiger partial charge < -0.3 is 0 Å². The van der Waals surface area contributed by atoms with E-state index in [0.717, 1.165) is 12.1 Å². The third-order valence-electron chi connectivity index (χ3n) is 2.79. The molecule has 21 heavy (non-hydrogen) atoms. The standard InChI is InChI=1S/C14H7BrF3NOS/c15-12-5-9(7-21-12)13(20)11(6-19)8-2-1-3-10(4-8)14(16,17)18/h1-5,7,11H. The van der Waals surface area contributed by atoms with Gasteiger partial charge in [0.15, 0.2) is 5.78 Å². The number of rotatable bonds is 3. The topological polar surface area (TPSA) is 40.9 Å². The molecule has 7 heteroatoms. The first-order valence-electron chi connectivity index (χ1n) is 5.68. The monoisotopic (exact) mass is 373 g/mol. The van der Waals surface area contributed by atoms with E-state index in [1.165, 1.54) is 23.5 Å². The molecule has 0 radical (unpaired) electrons. The lowest BCUT2D eigenvalue weighted by Gasteiger charge is -2.11. The third-order valence-corrected chi connectivity index (χ3v) is 4.30. The van der Waals surface area contributed by atoms with Gasteiger partial charge in [-0.3, -0.25) is 4.79 Å². The predicted octanol–water partition coefficient (Wildman–Crippen LogP) is 5.02. The van der Waals surface area contributed by atoms with E-state index >= 15 is 0 Å². The van der Waals surface area contributed by atoms with E-state index < -0.39 is 23.4 Å². The Bertz CT molecular complexity index is 717. The van der Waals surface area contributed by atoms with E-state index in [1.54, 1.807) is 17.5 Å². The van der Waals surface area contributed by atoms with Crippen LogP contribution in [0.2, 0.25) is 0 Å². The maximum absolute atomic E-state index is 12.7. The van der Waals surface area contributed by atoms with Gasteiger partial charge in [-0.15, -0.1) is 11.3 Å². The molecule has 2 rings (SSSR count). The fourth-order valence-electron chi connectivity index (χ4n) is 1.79. The molecule has 0 saturated heterocycles. The van der Waals surface area contributed by atoms with Crippen molar-refractivity contribution in [3.63, 3.8) is 0 Å². The average molecular weight is 374 g/mol. The summed E-state index contributed by atoms with van der Waals surface area (Å²) in [5.74, 6) is -1.77. The van der Waals surface area contributed by atoms with Crippen LogP contribution in [-0.4, -0.2) is 5.78 Å². The highest BCUT2D eigenvalue weighted by molar-refractivity contribution is 9.11. The van der Waals surface area contributed by atoms with Gasteiger partial charge in [0.2, 0.25) is 0 Å². The van der Waals surface area contributed by atoms with Gasteiger partial charge in [-0.2, -0.15) is 18.4 Å². The number of carbonyl (C=O) groups excluding carboxylic acids is 1. The quantitative estimate of drug-likeness (QED) is 0.708. The number of hydrogen-bond donors (Lipinski definition) is 0. The molecule has 0 aliphatic rings. The Kier molecular flexibility index (Phi) is 4.49. The van der Waals surface area contributed by atoms with Crippen molar-refractivity contribution in [1.82, 2.24) is 0 Å². The normalized spacial score (nSPS) is 12.7. The van der Waals surface area contributed by atoms with Gasteiger partial charge >= 0.3 is 6.18 Å². The fourth-order valence-corrected chi connectivity index (χ4v) is 2.93. The highest BCUT2D eigenvalue weighted by Crippen LogP contribution is 2.32. The van der Waals surface area contributed by atoms with Crippen LogP contribution in [0.1, 0.15) is 27.4 Å². The van der Waals surface area contributed by atoms with Crippen LogP contribution >= 0.6 is 27.3 Å². The van der Waals surface area contributed by atoms with Gasteiger partial charge in [-0.05, 0) is 33.6 Å². The SMILES string of the molecule is N#CC(C(=O)c1csc(Br)c1)c1cccc(C(F)(F)F)c1. The molecular weight excluding hydrogens is 367 g/mol. The number of nitrogens with zero attached hydrogens (tertiary/aromatic N) is 1. The fraction of sp³-hybridized carbons (Fsp3) is 0.143. The molecule has 1 atom stereocenters. The van der Waals surface area contributed by atoms with E-state index in [2.05, 4.69) is 15.9 Å². The first-order chi connectivity index (χ1) is 9.82. The number of thiophene rings is 1. The van der Waals surface area contributed by atoms with Crippen LogP contribution in [0.15, 0.2) is 39.5 Å². The molecule has 1 unspecified atom stereocenters. The number of benzene rings is 1. The van der Waals surface area contributed by atoms with E-state index in [9.17, 15) is 18.0 Å². The molecule has 0 aliphatic heterocycles. The highest BCUT2D eigenvalue weighted by Gasteiger charge is 2.32. The summed E-state index contributed by atoms with van der Waals surface area (Å²) in [6.07, 6.45) is -4.51. The van der Waals surface area contributed by atoms with Crippen LogP contribution < -0.4 is 0 Å². The Morgan fingerprint density at radius 3 is 2.57 bits per heavy atom. The average Bonchev–Trinajstić information content (AvgIpc) is 2.85. The van der Waals surface area contributed by atoms with Gasteiger partial charge in [-0.25, -0.2) is 0 Å². The second-order valence-corrected chi connectivity index (χ2v) is 6.48. The summed E-state index contributed by atoms with van der Waals surface area (Å²) in [5, 5.41) is 10.7. The predicted molar refractivity (Wildman–Crippen MR) is 76.1 cm³/mol. The van der Waals surface area contributed by atoms with Crippen LogP contribution in [0.25, 0.3) is 0 Å². The Hall–Kier alpha value is -1.65. The van der Waals surface area contributed by atoms with Crippen molar-refractivity contribution in [3.05, 3.63) is 56.2 Å². The van der Waals surface area contributed by atoms with Crippen LogP contribution in [0.3, 0.4) is 0 Å². The third kappa shape index (κ3) is 3.52. The zero-order valence-corrected chi connectivity index (χ0v) is 12.7. The minimum Gasteiger partial charge on any atom is -0.292 e. The van der Waals surface area contributed by atoms with Crippen LogP contribution in [0.5, 0.6) is 0 Å². The summed E-state index contributed by atoms with van der Waals surface area (Å²) in [6.45, 7) is 0. The van der Waals surface area contributed by atoms with Crippen molar-refractivity contribution in [1.29, 1.82) is 5.26 Å². The second-order valence-electron chi connectivity index (χ2n) is 4.19. The van der Waals surface area contributed by atoms with Gasteiger partial charge in [-0.1, -0.05) is 18.2 Å². The summed E-state index contributed by atoms with van der Waals surface area (Å²) >= 11 is 4.47. The lowest BCUT2D eigenvalue weighted by Crippen LogP contribution is -2.12. The van der Waals surface area contributed by atoms with Crippen molar-refractivity contribution >= 4 is 33.0 Å². The molecule has 1 heterocycles. The molecule has 108 valence electrons. The molecule has 0 bridgehead atoms. The number of alkyl halides is 3. The molecule has 0 N–H and O–H groups in total. The smallest absolute Gasteiger partial charge is 0.292 e. The number of halogens is 4. The van der Waals surface area contributed by atoms with Crippen LogP contribution in [0, 0.1) is 11.3 Å². The number of nitriles is 1.